The highest BCUT2D eigenvalue weighted by Crippen LogP contribution is 2.37. The zero-order valence-corrected chi connectivity index (χ0v) is 15.0. The van der Waals surface area contributed by atoms with Gasteiger partial charge in [0.15, 0.2) is 0 Å². The maximum Gasteiger partial charge on any atom is 0.251 e. The largest absolute Gasteiger partial charge is 0.489 e. The molecule has 0 amide bonds. The van der Waals surface area contributed by atoms with Crippen LogP contribution in [0.1, 0.15) is 24.4 Å². The van der Waals surface area contributed by atoms with Crippen LogP contribution in [0, 0.1) is 5.92 Å². The standard InChI is InChI=1S/C17H22Cl2F2N2O/c1-2-7-24-15-9-14(19)13(18)8-12(15)17(22)11-3-5-23(6-4-11)10-16(20)21/h2,8-9,11,16-17H,1,3-7,10,22H2/p+1. The van der Waals surface area contributed by atoms with Gasteiger partial charge in [0.2, 0.25) is 0 Å². The van der Waals surface area contributed by atoms with E-state index < -0.39 is 6.43 Å². The summed E-state index contributed by atoms with van der Waals surface area (Å²) >= 11 is 12.2. The van der Waals surface area contributed by atoms with E-state index in [0.29, 0.717) is 41.4 Å². The number of rotatable bonds is 7. The van der Waals surface area contributed by atoms with Crippen molar-refractivity contribution < 1.29 is 19.3 Å². The maximum absolute atomic E-state index is 12.5. The first-order chi connectivity index (χ1) is 11.4. The van der Waals surface area contributed by atoms with Crippen molar-refractivity contribution in [3.63, 3.8) is 0 Å². The molecule has 134 valence electrons. The third-order valence-corrected chi connectivity index (χ3v) is 5.13. The van der Waals surface area contributed by atoms with E-state index in [1.54, 1.807) is 23.1 Å². The van der Waals surface area contributed by atoms with Crippen LogP contribution in [-0.4, -0.2) is 37.6 Å². The predicted molar refractivity (Wildman–Crippen MR) is 93.0 cm³/mol. The van der Waals surface area contributed by atoms with Crippen molar-refractivity contribution in [1.29, 1.82) is 0 Å². The third-order valence-electron chi connectivity index (χ3n) is 4.41. The van der Waals surface area contributed by atoms with Gasteiger partial charge < -0.3 is 10.5 Å². The maximum atomic E-state index is 12.5. The molecule has 1 saturated heterocycles. The molecule has 0 spiro atoms. The van der Waals surface area contributed by atoms with Gasteiger partial charge in [0, 0.05) is 12.0 Å². The molecule has 24 heavy (non-hydrogen) atoms. The van der Waals surface area contributed by atoms with E-state index in [0.717, 1.165) is 18.4 Å². The fourth-order valence-corrected chi connectivity index (χ4v) is 3.42. The molecule has 7 heteroatoms. The number of hydrogen-bond donors (Lipinski definition) is 1. The van der Waals surface area contributed by atoms with Crippen molar-refractivity contribution in [1.82, 2.24) is 4.90 Å². The molecular formula is C17H23Cl2F2N2O+. The smallest absolute Gasteiger partial charge is 0.251 e. The van der Waals surface area contributed by atoms with Crippen LogP contribution in [0.3, 0.4) is 0 Å². The summed E-state index contributed by atoms with van der Waals surface area (Å²) < 4.78 is 30.7. The molecule has 0 saturated carbocycles. The fourth-order valence-electron chi connectivity index (χ4n) is 3.09. The van der Waals surface area contributed by atoms with Gasteiger partial charge in [-0.3, -0.25) is 4.90 Å². The van der Waals surface area contributed by atoms with Crippen LogP contribution in [0.25, 0.3) is 0 Å². The zero-order chi connectivity index (χ0) is 17.7. The van der Waals surface area contributed by atoms with Crippen LogP contribution in [0.4, 0.5) is 8.78 Å². The molecule has 1 aromatic rings. The average Bonchev–Trinajstić information content (AvgIpc) is 2.55. The summed E-state index contributed by atoms with van der Waals surface area (Å²) in [4.78, 5) is 1.80. The second-order valence-electron chi connectivity index (χ2n) is 6.04. The molecule has 1 heterocycles. The predicted octanol–water partition coefficient (Wildman–Crippen LogP) is 3.82. The highest BCUT2D eigenvalue weighted by Gasteiger charge is 2.31. The van der Waals surface area contributed by atoms with Gasteiger partial charge in [-0.2, -0.15) is 0 Å². The van der Waals surface area contributed by atoms with Gasteiger partial charge >= 0.3 is 0 Å². The number of likely N-dealkylation sites (tertiary alicyclic amines) is 1. The van der Waals surface area contributed by atoms with Crippen molar-refractivity contribution in [2.45, 2.75) is 25.3 Å². The van der Waals surface area contributed by atoms with Crippen LogP contribution in [0.2, 0.25) is 10.0 Å². The number of halogens is 4. The second kappa shape index (κ2) is 8.99. The number of quaternary nitrogens is 1. The van der Waals surface area contributed by atoms with Crippen molar-refractivity contribution >= 4 is 23.2 Å². The highest BCUT2D eigenvalue weighted by atomic mass is 35.5. The van der Waals surface area contributed by atoms with Gasteiger partial charge in [-0.25, -0.2) is 8.78 Å². The Balaban J connectivity index is 2.10. The molecule has 1 atom stereocenters. The summed E-state index contributed by atoms with van der Waals surface area (Å²) in [5.41, 5.74) is 5.18. The number of alkyl halides is 2. The molecule has 0 aliphatic carbocycles. The minimum atomic E-state index is -2.29. The summed E-state index contributed by atoms with van der Waals surface area (Å²) in [5.74, 6) is 0.946. The lowest BCUT2D eigenvalue weighted by Gasteiger charge is -2.33. The highest BCUT2D eigenvalue weighted by molar-refractivity contribution is 6.42. The van der Waals surface area contributed by atoms with Crippen LogP contribution in [0.5, 0.6) is 5.75 Å². The summed E-state index contributed by atoms with van der Waals surface area (Å²) in [6.07, 6.45) is 1.02. The molecule has 3 nitrogen and oxygen atoms in total. The molecule has 0 aromatic heterocycles. The molecular weight excluding hydrogens is 357 g/mol. The van der Waals surface area contributed by atoms with Crippen molar-refractivity contribution in [3.8, 4) is 5.75 Å². The number of benzene rings is 1. The lowest BCUT2D eigenvalue weighted by atomic mass is 9.85. The summed E-state index contributed by atoms with van der Waals surface area (Å²) in [7, 11) is 0. The van der Waals surface area contributed by atoms with Crippen LogP contribution in [-0.2, 0) is 0 Å². The Morgan fingerprint density at radius 1 is 1.29 bits per heavy atom. The average molecular weight is 380 g/mol. The number of hydrogen-bond acceptors (Lipinski definition) is 2. The summed E-state index contributed by atoms with van der Waals surface area (Å²) in [6, 6.07) is 3.46. The Kier molecular flexibility index (Phi) is 7.29. The van der Waals surface area contributed by atoms with E-state index in [-0.39, 0.29) is 12.6 Å². The van der Waals surface area contributed by atoms with E-state index in [9.17, 15) is 8.78 Å². The first kappa shape index (κ1) is 19.4. The van der Waals surface area contributed by atoms with Crippen molar-refractivity contribution in [2.24, 2.45) is 5.92 Å². The Morgan fingerprint density at radius 3 is 2.50 bits per heavy atom. The molecule has 1 aliphatic rings. The molecule has 1 unspecified atom stereocenters. The first-order valence-corrected chi connectivity index (χ1v) is 8.74. The van der Waals surface area contributed by atoms with E-state index in [2.05, 4.69) is 12.3 Å². The quantitative estimate of drug-likeness (QED) is 0.731. The van der Waals surface area contributed by atoms with Gasteiger partial charge in [-0.15, -0.1) is 0 Å². The van der Waals surface area contributed by atoms with Crippen molar-refractivity contribution in [3.05, 3.63) is 40.4 Å². The Labute approximate surface area is 151 Å². The molecule has 1 aromatic carbocycles. The Morgan fingerprint density at radius 2 is 1.92 bits per heavy atom. The lowest BCUT2D eigenvalue weighted by molar-refractivity contribution is -0.442. The molecule has 1 fully saturated rings. The van der Waals surface area contributed by atoms with E-state index in [1.165, 1.54) is 0 Å². The van der Waals surface area contributed by atoms with Gasteiger partial charge in [-0.05, 0) is 32.0 Å². The van der Waals surface area contributed by atoms with Gasteiger partial charge in [0.05, 0.1) is 22.2 Å². The number of ether oxygens (including phenoxy) is 1. The topological polar surface area (TPSA) is 40.1 Å². The molecule has 2 rings (SSSR count). The van der Waals surface area contributed by atoms with E-state index >= 15 is 0 Å². The van der Waals surface area contributed by atoms with E-state index in [1.807, 2.05) is 0 Å². The molecule has 1 aliphatic heterocycles. The van der Waals surface area contributed by atoms with Crippen molar-refractivity contribution in [2.75, 3.05) is 26.2 Å². The van der Waals surface area contributed by atoms with Gasteiger partial charge in [0.1, 0.15) is 18.4 Å². The fraction of sp³-hybridized carbons (Fsp3) is 0.529. The first-order valence-electron chi connectivity index (χ1n) is 7.98. The van der Waals surface area contributed by atoms with Crippen LogP contribution >= 0.6 is 23.2 Å². The SMILES string of the molecule is C=CCOc1cc(Cl)c(Cl)cc1C([NH3+])C1CCN(CC(F)F)CC1. The van der Waals surface area contributed by atoms with Crippen LogP contribution in [0.15, 0.2) is 24.8 Å². The third kappa shape index (κ3) is 5.06. The van der Waals surface area contributed by atoms with Gasteiger partial charge in [-0.1, -0.05) is 35.9 Å². The Hall–Kier alpha value is -0.880. The summed E-state index contributed by atoms with van der Waals surface area (Å²) in [5, 5.41) is 0.889. The minimum absolute atomic E-state index is 0.0340. The normalized spacial score (nSPS) is 17.9. The van der Waals surface area contributed by atoms with Crippen LogP contribution < -0.4 is 10.5 Å². The Bertz CT molecular complexity index is 564. The molecule has 0 radical (unpaired) electrons. The molecule has 0 bridgehead atoms. The molecule has 3 N–H and O–H groups in total. The van der Waals surface area contributed by atoms with Gasteiger partial charge in [0.25, 0.3) is 6.43 Å². The summed E-state index contributed by atoms with van der Waals surface area (Å²) in [6.45, 7) is 5.17. The lowest BCUT2D eigenvalue weighted by Crippen LogP contribution is -2.58. The zero-order valence-electron chi connectivity index (χ0n) is 13.5. The number of nitrogens with zero attached hydrogens (tertiary/aromatic N) is 1. The minimum Gasteiger partial charge on any atom is -0.489 e. The van der Waals surface area contributed by atoms with E-state index in [4.69, 9.17) is 27.9 Å². The number of piperidine rings is 1. The monoisotopic (exact) mass is 379 g/mol. The second-order valence-corrected chi connectivity index (χ2v) is 6.85.